The van der Waals surface area contributed by atoms with E-state index in [-0.39, 0.29) is 17.0 Å². The summed E-state index contributed by atoms with van der Waals surface area (Å²) in [6.45, 7) is 9.41. The summed E-state index contributed by atoms with van der Waals surface area (Å²) in [6, 6.07) is 10.9. The molecule has 0 atom stereocenters. The Morgan fingerprint density at radius 1 is 1.10 bits per heavy atom. The molecule has 0 spiro atoms. The molecule has 0 N–H and O–H groups in total. The first kappa shape index (κ1) is 23.0. The van der Waals surface area contributed by atoms with Gasteiger partial charge in [-0.1, -0.05) is 29.8 Å². The number of nitrogens with zero attached hydrogens (tertiary/aromatic N) is 2. The summed E-state index contributed by atoms with van der Waals surface area (Å²) in [5, 5.41) is 0.761. The normalized spacial score (nSPS) is 11.4. The van der Waals surface area contributed by atoms with E-state index in [0.717, 1.165) is 21.0 Å². The fourth-order valence-electron chi connectivity index (χ4n) is 3.30. The number of anilines is 1. The van der Waals surface area contributed by atoms with Crippen molar-refractivity contribution in [3.05, 3.63) is 63.5 Å². The maximum Gasteiger partial charge on any atom is 0.338 e. The van der Waals surface area contributed by atoms with Crippen LogP contribution in [0.5, 0.6) is 0 Å². The molecule has 0 saturated heterocycles. The highest BCUT2D eigenvalue weighted by Crippen LogP contribution is 2.35. The van der Waals surface area contributed by atoms with Gasteiger partial charge < -0.3 is 4.74 Å². The van der Waals surface area contributed by atoms with Gasteiger partial charge in [-0.2, -0.15) is 0 Å². The van der Waals surface area contributed by atoms with Crippen molar-refractivity contribution in [2.24, 2.45) is 0 Å². The van der Waals surface area contributed by atoms with Crippen molar-refractivity contribution in [3.63, 3.8) is 0 Å². The molecule has 0 bridgehead atoms. The standard InChI is InChI=1S/C23H26N2O4S2/c1-7-25(21-17(5)30-22(24-21)18-10-8-14(2)9-11-18)31(27,28)19-12-15(3)16(4)20(13-19)23(26)29-6/h8-13H,7H2,1-6H3. The number of aryl methyl sites for hydroxylation is 3. The predicted octanol–water partition coefficient (Wildman–Crippen LogP) is 5.05. The van der Waals surface area contributed by atoms with Gasteiger partial charge in [0, 0.05) is 17.0 Å². The third-order valence-corrected chi connectivity index (χ3v) is 8.08. The molecule has 2 aromatic carbocycles. The fourth-order valence-corrected chi connectivity index (χ4v) is 5.87. The van der Waals surface area contributed by atoms with Crippen LogP contribution in [-0.2, 0) is 14.8 Å². The molecule has 0 unspecified atom stereocenters. The average molecular weight is 459 g/mol. The Morgan fingerprint density at radius 2 is 1.74 bits per heavy atom. The highest BCUT2D eigenvalue weighted by atomic mass is 32.2. The second-order valence-electron chi connectivity index (χ2n) is 7.34. The quantitative estimate of drug-likeness (QED) is 0.483. The molecule has 3 rings (SSSR count). The Kier molecular flexibility index (Phi) is 6.52. The Hall–Kier alpha value is -2.71. The second-order valence-corrected chi connectivity index (χ2v) is 10.4. The van der Waals surface area contributed by atoms with Gasteiger partial charge in [0.15, 0.2) is 5.82 Å². The topological polar surface area (TPSA) is 76.6 Å². The lowest BCUT2D eigenvalue weighted by Gasteiger charge is -2.22. The number of methoxy groups -OCH3 is 1. The number of thiazole rings is 1. The first-order valence-electron chi connectivity index (χ1n) is 9.86. The fraction of sp³-hybridized carbons (Fsp3) is 0.304. The van der Waals surface area contributed by atoms with E-state index in [1.165, 1.54) is 28.8 Å². The largest absolute Gasteiger partial charge is 0.465 e. The summed E-state index contributed by atoms with van der Waals surface area (Å²) >= 11 is 1.45. The molecule has 3 aromatic rings. The first-order chi connectivity index (χ1) is 14.6. The summed E-state index contributed by atoms with van der Waals surface area (Å²) in [7, 11) is -2.66. The van der Waals surface area contributed by atoms with E-state index in [9.17, 15) is 13.2 Å². The molecule has 0 aliphatic carbocycles. The van der Waals surface area contributed by atoms with Crippen LogP contribution in [0.3, 0.4) is 0 Å². The molecular formula is C23H26N2O4S2. The van der Waals surface area contributed by atoms with Crippen LogP contribution in [0.1, 0.15) is 38.8 Å². The van der Waals surface area contributed by atoms with Crippen LogP contribution in [0.4, 0.5) is 5.82 Å². The number of sulfonamides is 1. The van der Waals surface area contributed by atoms with Crippen LogP contribution in [0, 0.1) is 27.7 Å². The van der Waals surface area contributed by atoms with Crippen LogP contribution in [-0.4, -0.2) is 33.0 Å². The van der Waals surface area contributed by atoms with E-state index < -0.39 is 16.0 Å². The van der Waals surface area contributed by atoms with Crippen molar-refractivity contribution in [2.75, 3.05) is 18.0 Å². The number of carbonyl (C=O) groups excluding carboxylic acids is 1. The molecule has 0 radical (unpaired) electrons. The first-order valence-corrected chi connectivity index (χ1v) is 12.1. The molecule has 1 aromatic heterocycles. The van der Waals surface area contributed by atoms with E-state index in [1.54, 1.807) is 26.8 Å². The third kappa shape index (κ3) is 4.36. The van der Waals surface area contributed by atoms with Crippen LogP contribution in [0.25, 0.3) is 10.6 Å². The molecule has 0 saturated carbocycles. The van der Waals surface area contributed by atoms with Crippen LogP contribution < -0.4 is 4.31 Å². The summed E-state index contributed by atoms with van der Waals surface area (Å²) in [5.41, 5.74) is 3.73. The number of carbonyl (C=O) groups is 1. The minimum atomic E-state index is -3.94. The molecule has 8 heteroatoms. The summed E-state index contributed by atoms with van der Waals surface area (Å²) in [5.74, 6) is -0.159. The lowest BCUT2D eigenvalue weighted by molar-refractivity contribution is 0.0599. The molecule has 0 amide bonds. The van der Waals surface area contributed by atoms with Crippen LogP contribution in [0.2, 0.25) is 0 Å². The zero-order valence-corrected chi connectivity index (χ0v) is 20.1. The van der Waals surface area contributed by atoms with Gasteiger partial charge in [0.25, 0.3) is 10.0 Å². The van der Waals surface area contributed by atoms with E-state index in [1.807, 2.05) is 38.1 Å². The van der Waals surface area contributed by atoms with Gasteiger partial charge in [-0.3, -0.25) is 0 Å². The molecule has 0 fully saturated rings. The summed E-state index contributed by atoms with van der Waals surface area (Å²) in [6.07, 6.45) is 0. The van der Waals surface area contributed by atoms with Gasteiger partial charge in [0.2, 0.25) is 0 Å². The van der Waals surface area contributed by atoms with Crippen molar-refractivity contribution >= 4 is 33.1 Å². The predicted molar refractivity (Wildman–Crippen MR) is 124 cm³/mol. The van der Waals surface area contributed by atoms with Gasteiger partial charge in [0.05, 0.1) is 17.6 Å². The van der Waals surface area contributed by atoms with Crippen molar-refractivity contribution < 1.29 is 17.9 Å². The molecule has 1 heterocycles. The Labute approximate surface area is 187 Å². The number of rotatable bonds is 6. The molecule has 6 nitrogen and oxygen atoms in total. The monoisotopic (exact) mass is 458 g/mol. The third-order valence-electron chi connectivity index (χ3n) is 5.23. The highest BCUT2D eigenvalue weighted by molar-refractivity contribution is 7.92. The van der Waals surface area contributed by atoms with E-state index in [2.05, 4.69) is 4.98 Å². The van der Waals surface area contributed by atoms with Crippen LogP contribution in [0.15, 0.2) is 41.3 Å². The lowest BCUT2D eigenvalue weighted by Crippen LogP contribution is -2.32. The van der Waals surface area contributed by atoms with Crippen molar-refractivity contribution in [1.82, 2.24) is 4.98 Å². The lowest BCUT2D eigenvalue weighted by atomic mass is 10.0. The molecular weight excluding hydrogens is 432 g/mol. The van der Waals surface area contributed by atoms with Gasteiger partial charge in [-0.05, 0) is 57.9 Å². The van der Waals surface area contributed by atoms with Gasteiger partial charge in [-0.25, -0.2) is 22.5 Å². The Balaban J connectivity index is 2.10. The number of ether oxygens (including phenoxy) is 1. The van der Waals surface area contributed by atoms with Gasteiger partial charge in [0.1, 0.15) is 5.01 Å². The van der Waals surface area contributed by atoms with E-state index in [0.29, 0.717) is 16.9 Å². The Morgan fingerprint density at radius 3 is 2.32 bits per heavy atom. The zero-order valence-electron chi connectivity index (χ0n) is 18.5. The minimum Gasteiger partial charge on any atom is -0.465 e. The van der Waals surface area contributed by atoms with Crippen molar-refractivity contribution in [1.29, 1.82) is 0 Å². The molecule has 0 aliphatic rings. The second kappa shape index (κ2) is 8.80. The van der Waals surface area contributed by atoms with E-state index >= 15 is 0 Å². The smallest absolute Gasteiger partial charge is 0.338 e. The van der Waals surface area contributed by atoms with Gasteiger partial charge in [-0.15, -0.1) is 11.3 Å². The minimum absolute atomic E-state index is 0.0436. The van der Waals surface area contributed by atoms with Crippen molar-refractivity contribution in [3.8, 4) is 10.6 Å². The zero-order chi connectivity index (χ0) is 22.9. The highest BCUT2D eigenvalue weighted by Gasteiger charge is 2.29. The number of esters is 1. The SMILES string of the molecule is CCN(c1nc(-c2ccc(C)cc2)sc1C)S(=O)(=O)c1cc(C)c(C)c(C(=O)OC)c1. The number of hydrogen-bond donors (Lipinski definition) is 0. The summed E-state index contributed by atoms with van der Waals surface area (Å²) < 4.78 is 33.3. The number of benzene rings is 2. The molecule has 164 valence electrons. The maximum atomic E-state index is 13.6. The average Bonchev–Trinajstić information content (AvgIpc) is 3.11. The Bertz CT molecular complexity index is 1230. The number of hydrogen-bond acceptors (Lipinski definition) is 6. The van der Waals surface area contributed by atoms with Crippen LogP contribution >= 0.6 is 11.3 Å². The van der Waals surface area contributed by atoms with Crippen molar-refractivity contribution in [2.45, 2.75) is 39.5 Å². The maximum absolute atomic E-state index is 13.6. The van der Waals surface area contributed by atoms with E-state index in [4.69, 9.17) is 4.74 Å². The summed E-state index contributed by atoms with van der Waals surface area (Å²) in [4.78, 5) is 17.7. The molecule has 0 aliphatic heterocycles. The van der Waals surface area contributed by atoms with Gasteiger partial charge >= 0.3 is 5.97 Å². The number of aromatic nitrogens is 1. The molecule has 31 heavy (non-hydrogen) atoms.